The number of hydrogen-bond donors (Lipinski definition) is 2. The predicted octanol–water partition coefficient (Wildman–Crippen LogP) is 1.75. The van der Waals surface area contributed by atoms with Crippen molar-refractivity contribution in [1.82, 2.24) is 4.72 Å². The van der Waals surface area contributed by atoms with Gasteiger partial charge in [-0.3, -0.25) is 4.79 Å². The molecule has 1 atom stereocenters. The average molecular weight is 358 g/mol. The van der Waals surface area contributed by atoms with Crippen molar-refractivity contribution in [2.45, 2.75) is 30.8 Å². The van der Waals surface area contributed by atoms with Crippen molar-refractivity contribution in [3.63, 3.8) is 0 Å². The van der Waals surface area contributed by atoms with Gasteiger partial charge in [0.25, 0.3) is 0 Å². The molecule has 8 heteroatoms. The van der Waals surface area contributed by atoms with E-state index in [9.17, 15) is 13.2 Å². The molecule has 1 aliphatic heterocycles. The number of rotatable bonds is 6. The monoisotopic (exact) mass is 358 g/mol. The summed E-state index contributed by atoms with van der Waals surface area (Å²) >= 11 is 1.76. The van der Waals surface area contributed by atoms with Crippen molar-refractivity contribution in [3.05, 3.63) is 23.8 Å². The lowest BCUT2D eigenvalue weighted by molar-refractivity contribution is -0.114. The molecule has 1 amide bonds. The summed E-state index contributed by atoms with van der Waals surface area (Å²) in [5.74, 6) is 1.56. The summed E-state index contributed by atoms with van der Waals surface area (Å²) in [4.78, 5) is 11.3. The Labute approximate surface area is 141 Å². The molecular formula is C15H22N2O4S2. The lowest BCUT2D eigenvalue weighted by Gasteiger charge is -2.26. The first kappa shape index (κ1) is 18.3. The standard InChI is InChI=1S/C15H22N2O4S2/c1-11-8-13(17-12(2)18)4-5-14(11)23(19,20)16-9-15(21-3)6-7-22-10-15/h4-5,8,16H,6-7,9-10H2,1-3H3,(H,17,18). The van der Waals surface area contributed by atoms with Crippen molar-refractivity contribution < 1.29 is 17.9 Å². The number of ether oxygens (including phenoxy) is 1. The largest absolute Gasteiger partial charge is 0.376 e. The quantitative estimate of drug-likeness (QED) is 0.809. The van der Waals surface area contributed by atoms with Crippen LogP contribution in [-0.4, -0.2) is 45.1 Å². The molecule has 0 aliphatic carbocycles. The molecule has 1 unspecified atom stereocenters. The van der Waals surface area contributed by atoms with Gasteiger partial charge in [-0.25, -0.2) is 13.1 Å². The fourth-order valence-corrected chi connectivity index (χ4v) is 5.23. The Morgan fingerprint density at radius 1 is 1.43 bits per heavy atom. The van der Waals surface area contributed by atoms with E-state index >= 15 is 0 Å². The lowest BCUT2D eigenvalue weighted by Crippen LogP contribution is -2.44. The number of benzene rings is 1. The van der Waals surface area contributed by atoms with Gasteiger partial charge in [-0.1, -0.05) is 0 Å². The van der Waals surface area contributed by atoms with Crippen LogP contribution in [0.4, 0.5) is 5.69 Å². The van der Waals surface area contributed by atoms with Crippen LogP contribution in [0.1, 0.15) is 18.9 Å². The second kappa shape index (κ2) is 7.21. The Hall–Kier alpha value is -1.09. The van der Waals surface area contributed by atoms with Crippen LogP contribution in [-0.2, 0) is 19.6 Å². The van der Waals surface area contributed by atoms with Gasteiger partial charge in [0.15, 0.2) is 0 Å². The highest BCUT2D eigenvalue weighted by Crippen LogP contribution is 2.30. The average Bonchev–Trinajstić information content (AvgIpc) is 2.94. The van der Waals surface area contributed by atoms with Gasteiger partial charge in [0, 0.05) is 32.0 Å². The minimum Gasteiger partial charge on any atom is -0.376 e. The van der Waals surface area contributed by atoms with Crippen LogP contribution in [0, 0.1) is 6.92 Å². The third-order valence-corrected chi connectivity index (χ3v) is 6.65. The zero-order valence-corrected chi connectivity index (χ0v) is 15.1. The van der Waals surface area contributed by atoms with E-state index in [0.717, 1.165) is 17.9 Å². The van der Waals surface area contributed by atoms with Crippen molar-refractivity contribution >= 4 is 33.4 Å². The Balaban J connectivity index is 2.14. The second-order valence-electron chi connectivity index (χ2n) is 5.68. The van der Waals surface area contributed by atoms with Gasteiger partial charge in [0.1, 0.15) is 0 Å². The van der Waals surface area contributed by atoms with Crippen molar-refractivity contribution in [2.75, 3.05) is 30.5 Å². The smallest absolute Gasteiger partial charge is 0.240 e. The topological polar surface area (TPSA) is 84.5 Å². The number of hydrogen-bond acceptors (Lipinski definition) is 5. The Kier molecular flexibility index (Phi) is 5.72. The maximum atomic E-state index is 12.5. The summed E-state index contributed by atoms with van der Waals surface area (Å²) in [5.41, 5.74) is 0.729. The molecule has 6 nitrogen and oxygen atoms in total. The van der Waals surface area contributed by atoms with Gasteiger partial charge in [-0.2, -0.15) is 11.8 Å². The molecule has 0 aromatic heterocycles. The highest BCUT2D eigenvalue weighted by atomic mass is 32.2. The minimum atomic E-state index is -3.62. The van der Waals surface area contributed by atoms with Crippen molar-refractivity contribution in [1.29, 1.82) is 0 Å². The summed E-state index contributed by atoms with van der Waals surface area (Å²) in [7, 11) is -2.01. The summed E-state index contributed by atoms with van der Waals surface area (Å²) in [5, 5.41) is 2.64. The Bertz CT molecular complexity index is 683. The molecule has 0 saturated carbocycles. The van der Waals surface area contributed by atoms with Gasteiger partial charge in [-0.05, 0) is 42.9 Å². The van der Waals surface area contributed by atoms with E-state index in [-0.39, 0.29) is 17.3 Å². The molecule has 1 saturated heterocycles. The van der Waals surface area contributed by atoms with E-state index in [1.165, 1.54) is 13.0 Å². The van der Waals surface area contributed by atoms with Crippen molar-refractivity contribution in [2.24, 2.45) is 0 Å². The summed E-state index contributed by atoms with van der Waals surface area (Å²) in [6.45, 7) is 3.37. The predicted molar refractivity (Wildman–Crippen MR) is 92.4 cm³/mol. The molecule has 0 bridgehead atoms. The second-order valence-corrected chi connectivity index (χ2v) is 8.52. The molecule has 0 spiro atoms. The van der Waals surface area contributed by atoms with Crippen molar-refractivity contribution in [3.8, 4) is 0 Å². The maximum absolute atomic E-state index is 12.5. The molecule has 2 N–H and O–H groups in total. The minimum absolute atomic E-state index is 0.195. The number of aryl methyl sites for hydroxylation is 1. The molecule has 2 rings (SSSR count). The molecule has 1 fully saturated rings. The number of nitrogens with one attached hydrogen (secondary N) is 2. The van der Waals surface area contributed by atoms with Crippen LogP contribution < -0.4 is 10.0 Å². The van der Waals surface area contributed by atoms with Gasteiger partial charge >= 0.3 is 0 Å². The summed E-state index contributed by atoms with van der Waals surface area (Å²) in [6, 6.07) is 4.74. The van der Waals surface area contributed by atoms with E-state index in [1.54, 1.807) is 37.9 Å². The van der Waals surface area contributed by atoms with Crippen LogP contribution in [0.5, 0.6) is 0 Å². The van der Waals surface area contributed by atoms with Crippen LogP contribution in [0.25, 0.3) is 0 Å². The first-order valence-electron chi connectivity index (χ1n) is 7.29. The van der Waals surface area contributed by atoms with E-state index in [4.69, 9.17) is 4.74 Å². The van der Waals surface area contributed by atoms with Gasteiger partial charge in [0.2, 0.25) is 15.9 Å². The number of anilines is 1. The van der Waals surface area contributed by atoms with Gasteiger partial charge in [0.05, 0.1) is 10.5 Å². The molecule has 1 aromatic rings. The Morgan fingerprint density at radius 2 is 2.17 bits per heavy atom. The normalized spacial score (nSPS) is 21.3. The number of amides is 1. The van der Waals surface area contributed by atoms with E-state index in [2.05, 4.69) is 10.0 Å². The van der Waals surface area contributed by atoms with E-state index in [0.29, 0.717) is 11.3 Å². The Morgan fingerprint density at radius 3 is 2.70 bits per heavy atom. The fraction of sp³-hybridized carbons (Fsp3) is 0.533. The SMILES string of the molecule is COC1(CNS(=O)(=O)c2ccc(NC(C)=O)cc2C)CCSC1. The molecule has 128 valence electrons. The third-order valence-electron chi connectivity index (χ3n) is 3.87. The number of sulfonamides is 1. The van der Waals surface area contributed by atoms with Crippen LogP contribution in [0.15, 0.2) is 23.1 Å². The van der Waals surface area contributed by atoms with Gasteiger partial charge in [-0.15, -0.1) is 0 Å². The molecule has 0 radical (unpaired) electrons. The van der Waals surface area contributed by atoms with Crippen LogP contribution >= 0.6 is 11.8 Å². The van der Waals surface area contributed by atoms with Crippen LogP contribution in [0.3, 0.4) is 0 Å². The molecular weight excluding hydrogens is 336 g/mol. The molecule has 1 aliphatic rings. The maximum Gasteiger partial charge on any atom is 0.240 e. The van der Waals surface area contributed by atoms with E-state index in [1.807, 2.05) is 0 Å². The number of carbonyl (C=O) groups is 1. The zero-order valence-electron chi connectivity index (χ0n) is 13.5. The third kappa shape index (κ3) is 4.47. The first-order chi connectivity index (χ1) is 10.8. The first-order valence-corrected chi connectivity index (χ1v) is 9.93. The van der Waals surface area contributed by atoms with E-state index < -0.39 is 15.6 Å². The number of methoxy groups -OCH3 is 1. The molecule has 1 heterocycles. The fourth-order valence-electron chi connectivity index (χ4n) is 2.50. The highest BCUT2D eigenvalue weighted by molar-refractivity contribution is 7.99. The summed E-state index contributed by atoms with van der Waals surface area (Å²) < 4.78 is 33.3. The number of thioether (sulfide) groups is 1. The number of carbonyl (C=O) groups excluding carboxylic acids is 1. The zero-order chi connectivity index (χ0) is 17.1. The lowest BCUT2D eigenvalue weighted by atomic mass is 10.0. The van der Waals surface area contributed by atoms with Gasteiger partial charge < -0.3 is 10.1 Å². The summed E-state index contributed by atoms with van der Waals surface area (Å²) in [6.07, 6.45) is 0.830. The highest BCUT2D eigenvalue weighted by Gasteiger charge is 2.35. The van der Waals surface area contributed by atoms with Crippen LogP contribution in [0.2, 0.25) is 0 Å². The molecule has 1 aromatic carbocycles. The molecule has 23 heavy (non-hydrogen) atoms.